The van der Waals surface area contributed by atoms with E-state index in [-0.39, 0.29) is 11.9 Å². The third-order valence-corrected chi connectivity index (χ3v) is 3.28. The molecule has 0 radical (unpaired) electrons. The minimum absolute atomic E-state index is 0.0247. The van der Waals surface area contributed by atoms with Crippen LogP contribution in [-0.2, 0) is 14.3 Å². The first-order valence-electron chi connectivity index (χ1n) is 6.82. The van der Waals surface area contributed by atoms with Gasteiger partial charge in [-0.15, -0.1) is 0 Å². The molecule has 0 bridgehead atoms. The first-order valence-corrected chi connectivity index (χ1v) is 6.82. The van der Waals surface area contributed by atoms with Crippen molar-refractivity contribution in [3.63, 3.8) is 0 Å². The van der Waals surface area contributed by atoms with Crippen LogP contribution in [0.1, 0.15) is 25.7 Å². The van der Waals surface area contributed by atoms with Crippen LogP contribution in [0.5, 0.6) is 0 Å². The molecule has 0 spiro atoms. The van der Waals surface area contributed by atoms with Crippen LogP contribution in [0, 0.1) is 0 Å². The summed E-state index contributed by atoms with van der Waals surface area (Å²) in [5.74, 6) is 0.254. The fraction of sp³-hybridized carbons (Fsp3) is 0.923. The summed E-state index contributed by atoms with van der Waals surface area (Å²) < 4.78 is 10.3. The lowest BCUT2D eigenvalue weighted by molar-refractivity contribution is -0.135. The molecule has 18 heavy (non-hydrogen) atoms. The number of carbonyl (C=O) groups is 1. The number of ether oxygens (including phenoxy) is 2. The van der Waals surface area contributed by atoms with Crippen molar-refractivity contribution in [2.24, 2.45) is 0 Å². The topological polar surface area (TPSA) is 50.8 Å². The third kappa shape index (κ3) is 5.33. The summed E-state index contributed by atoms with van der Waals surface area (Å²) >= 11 is 0. The summed E-state index contributed by atoms with van der Waals surface area (Å²) in [4.78, 5) is 13.9. The molecule has 1 rings (SSSR count). The van der Waals surface area contributed by atoms with Gasteiger partial charge < -0.3 is 19.7 Å². The number of likely N-dealkylation sites (N-methyl/N-ethyl adjacent to an activating group) is 1. The number of nitrogens with one attached hydrogen (secondary N) is 1. The van der Waals surface area contributed by atoms with Crippen molar-refractivity contribution in [3.8, 4) is 0 Å². The van der Waals surface area contributed by atoms with Crippen molar-refractivity contribution >= 4 is 5.91 Å². The largest absolute Gasteiger partial charge is 0.382 e. The molecule has 1 aliphatic rings. The Morgan fingerprint density at radius 3 is 2.89 bits per heavy atom. The molecule has 1 amide bonds. The Bertz CT molecular complexity index is 236. The first kappa shape index (κ1) is 15.4. The van der Waals surface area contributed by atoms with Gasteiger partial charge in [0.2, 0.25) is 5.91 Å². The Hall–Kier alpha value is -0.650. The highest BCUT2D eigenvalue weighted by atomic mass is 16.5. The van der Waals surface area contributed by atoms with Crippen molar-refractivity contribution in [1.82, 2.24) is 10.2 Å². The number of piperidine rings is 1. The van der Waals surface area contributed by atoms with Gasteiger partial charge in [-0.3, -0.25) is 4.79 Å². The average Bonchev–Trinajstić information content (AvgIpc) is 2.39. The molecule has 0 aliphatic carbocycles. The molecule has 1 atom stereocenters. The van der Waals surface area contributed by atoms with E-state index < -0.39 is 0 Å². The van der Waals surface area contributed by atoms with Crippen LogP contribution < -0.4 is 5.32 Å². The van der Waals surface area contributed by atoms with Crippen molar-refractivity contribution in [2.75, 3.05) is 47.1 Å². The summed E-state index contributed by atoms with van der Waals surface area (Å²) in [6.07, 6.45) is 4.07. The van der Waals surface area contributed by atoms with Crippen LogP contribution in [0.15, 0.2) is 0 Å². The number of hydrogen-bond acceptors (Lipinski definition) is 4. The predicted octanol–water partition coefficient (Wildman–Crippen LogP) is 0.640. The van der Waals surface area contributed by atoms with Gasteiger partial charge in [-0.05, 0) is 32.7 Å². The molecule has 1 aliphatic heterocycles. The van der Waals surface area contributed by atoms with E-state index in [9.17, 15) is 4.79 Å². The minimum Gasteiger partial charge on any atom is -0.382 e. The Balaban J connectivity index is 2.06. The predicted molar refractivity (Wildman–Crippen MR) is 70.6 cm³/mol. The van der Waals surface area contributed by atoms with Crippen molar-refractivity contribution in [2.45, 2.75) is 31.7 Å². The Kier molecular flexibility index (Phi) is 7.96. The number of carbonyl (C=O) groups excluding carboxylic acids is 1. The molecular weight excluding hydrogens is 232 g/mol. The van der Waals surface area contributed by atoms with E-state index in [0.29, 0.717) is 13.2 Å². The molecule has 0 aromatic rings. The normalized spacial score (nSPS) is 20.4. The SMILES string of the molecule is CNC1CCCN(CCCCOCCOC)C1=O. The lowest BCUT2D eigenvalue weighted by Gasteiger charge is -2.32. The molecule has 5 nitrogen and oxygen atoms in total. The second kappa shape index (κ2) is 9.30. The van der Waals surface area contributed by atoms with Gasteiger partial charge in [-0.2, -0.15) is 0 Å². The standard InChI is InChI=1S/C13H26N2O3/c1-14-12-6-5-8-15(13(12)16)7-3-4-9-18-11-10-17-2/h12,14H,3-11H2,1-2H3. The smallest absolute Gasteiger partial charge is 0.239 e. The van der Waals surface area contributed by atoms with Gasteiger partial charge in [0.15, 0.2) is 0 Å². The van der Waals surface area contributed by atoms with Crippen molar-refractivity contribution in [1.29, 1.82) is 0 Å². The monoisotopic (exact) mass is 258 g/mol. The molecule has 106 valence electrons. The van der Waals surface area contributed by atoms with Gasteiger partial charge >= 0.3 is 0 Å². The van der Waals surface area contributed by atoms with E-state index >= 15 is 0 Å². The highest BCUT2D eigenvalue weighted by molar-refractivity contribution is 5.82. The van der Waals surface area contributed by atoms with E-state index in [0.717, 1.165) is 45.4 Å². The maximum absolute atomic E-state index is 12.0. The van der Waals surface area contributed by atoms with Crippen LogP contribution >= 0.6 is 0 Å². The highest BCUT2D eigenvalue weighted by Crippen LogP contribution is 2.12. The van der Waals surface area contributed by atoms with Crippen LogP contribution in [0.3, 0.4) is 0 Å². The number of rotatable bonds is 9. The summed E-state index contributed by atoms with van der Waals surface area (Å²) in [5.41, 5.74) is 0. The van der Waals surface area contributed by atoms with Gasteiger partial charge in [0.25, 0.3) is 0 Å². The maximum Gasteiger partial charge on any atom is 0.239 e. The number of likely N-dealkylation sites (tertiary alicyclic amines) is 1. The fourth-order valence-electron chi connectivity index (χ4n) is 2.18. The molecule has 1 N–H and O–H groups in total. The number of hydrogen-bond donors (Lipinski definition) is 1. The molecule has 1 fully saturated rings. The van der Waals surface area contributed by atoms with Crippen LogP contribution in [-0.4, -0.2) is 63.9 Å². The zero-order valence-electron chi connectivity index (χ0n) is 11.6. The van der Waals surface area contributed by atoms with E-state index in [1.165, 1.54) is 0 Å². The molecule has 0 aromatic heterocycles. The quantitative estimate of drug-likeness (QED) is 0.617. The zero-order chi connectivity index (χ0) is 13.2. The Labute approximate surface area is 110 Å². The van der Waals surface area contributed by atoms with Crippen molar-refractivity contribution in [3.05, 3.63) is 0 Å². The molecule has 0 aromatic carbocycles. The Morgan fingerprint density at radius 2 is 2.17 bits per heavy atom. The maximum atomic E-state index is 12.0. The van der Waals surface area contributed by atoms with E-state index in [1.54, 1.807) is 7.11 Å². The number of methoxy groups -OCH3 is 1. The van der Waals surface area contributed by atoms with Gasteiger partial charge in [0.1, 0.15) is 0 Å². The lowest BCUT2D eigenvalue weighted by atomic mass is 10.0. The highest BCUT2D eigenvalue weighted by Gasteiger charge is 2.26. The summed E-state index contributed by atoms with van der Waals surface area (Å²) in [6, 6.07) is 0.0247. The number of amides is 1. The number of nitrogens with zero attached hydrogens (tertiary/aromatic N) is 1. The first-order chi connectivity index (χ1) is 8.79. The zero-order valence-corrected chi connectivity index (χ0v) is 11.6. The molecule has 1 saturated heterocycles. The second-order valence-electron chi connectivity index (χ2n) is 4.62. The van der Waals surface area contributed by atoms with E-state index in [2.05, 4.69) is 5.32 Å². The molecular formula is C13H26N2O3. The molecule has 1 unspecified atom stereocenters. The van der Waals surface area contributed by atoms with Gasteiger partial charge in [-0.1, -0.05) is 0 Å². The number of unbranched alkanes of at least 4 members (excludes halogenated alkanes) is 1. The fourth-order valence-corrected chi connectivity index (χ4v) is 2.18. The summed E-state index contributed by atoms with van der Waals surface area (Å²) in [7, 11) is 3.53. The van der Waals surface area contributed by atoms with Gasteiger partial charge in [0, 0.05) is 26.8 Å². The van der Waals surface area contributed by atoms with Crippen LogP contribution in [0.2, 0.25) is 0 Å². The molecule has 0 saturated carbocycles. The summed E-state index contributed by atoms with van der Waals surface area (Å²) in [6.45, 7) is 3.81. The molecule has 5 heteroatoms. The van der Waals surface area contributed by atoms with E-state index in [4.69, 9.17) is 9.47 Å². The summed E-state index contributed by atoms with van der Waals surface area (Å²) in [5, 5.41) is 3.08. The minimum atomic E-state index is 0.0247. The van der Waals surface area contributed by atoms with E-state index in [1.807, 2.05) is 11.9 Å². The van der Waals surface area contributed by atoms with Crippen LogP contribution in [0.25, 0.3) is 0 Å². The van der Waals surface area contributed by atoms with Crippen molar-refractivity contribution < 1.29 is 14.3 Å². The third-order valence-electron chi connectivity index (χ3n) is 3.28. The average molecular weight is 258 g/mol. The van der Waals surface area contributed by atoms with Gasteiger partial charge in [-0.25, -0.2) is 0 Å². The Morgan fingerprint density at radius 1 is 1.33 bits per heavy atom. The van der Waals surface area contributed by atoms with Crippen LogP contribution in [0.4, 0.5) is 0 Å². The second-order valence-corrected chi connectivity index (χ2v) is 4.62. The molecule has 1 heterocycles. The lowest BCUT2D eigenvalue weighted by Crippen LogP contribution is -2.49. The van der Waals surface area contributed by atoms with Gasteiger partial charge in [0.05, 0.1) is 19.3 Å².